The lowest BCUT2D eigenvalue weighted by atomic mass is 10.1. The molecule has 0 aliphatic carbocycles. The predicted molar refractivity (Wildman–Crippen MR) is 59.2 cm³/mol. The smallest absolute Gasteiger partial charge is 0.224 e. The molecule has 0 heterocycles. The van der Waals surface area contributed by atoms with E-state index in [0.717, 1.165) is 6.42 Å². The molecule has 3 heteroatoms. The highest BCUT2D eigenvalue weighted by atomic mass is 16.1. The molecule has 1 aromatic rings. The van der Waals surface area contributed by atoms with E-state index in [0.29, 0.717) is 17.8 Å². The lowest BCUT2D eigenvalue weighted by Crippen LogP contribution is -2.11. The van der Waals surface area contributed by atoms with Gasteiger partial charge in [0.2, 0.25) is 5.91 Å². The number of rotatable bonds is 3. The number of anilines is 2. The fourth-order valence-electron chi connectivity index (χ4n) is 1.18. The summed E-state index contributed by atoms with van der Waals surface area (Å²) in [6.07, 6.45) is 1.42. The van der Waals surface area contributed by atoms with Crippen LogP contribution in [-0.4, -0.2) is 5.91 Å². The summed E-state index contributed by atoms with van der Waals surface area (Å²) in [6, 6.07) is 5.72. The van der Waals surface area contributed by atoms with Crippen LogP contribution in [0.3, 0.4) is 0 Å². The maximum absolute atomic E-state index is 11.1. The standard InChI is InChI=1S/C11H16N2O/c1-3-8-5-6-10(9(12)7-8)13-11(14)4-2/h5-7H,3-4,12H2,1-2H3,(H,13,14). The van der Waals surface area contributed by atoms with Crippen molar-refractivity contribution in [2.45, 2.75) is 26.7 Å². The monoisotopic (exact) mass is 192 g/mol. The summed E-state index contributed by atoms with van der Waals surface area (Å²) >= 11 is 0. The number of nitrogens with two attached hydrogens (primary N) is 1. The Kier molecular flexibility index (Phi) is 3.51. The van der Waals surface area contributed by atoms with Gasteiger partial charge in [-0.05, 0) is 24.1 Å². The van der Waals surface area contributed by atoms with Crippen LogP contribution in [0.2, 0.25) is 0 Å². The minimum atomic E-state index is -0.0130. The zero-order valence-corrected chi connectivity index (χ0v) is 8.63. The van der Waals surface area contributed by atoms with Gasteiger partial charge in [-0.15, -0.1) is 0 Å². The Morgan fingerprint density at radius 2 is 2.14 bits per heavy atom. The summed E-state index contributed by atoms with van der Waals surface area (Å²) in [4.78, 5) is 11.1. The molecule has 0 aromatic heterocycles. The first kappa shape index (κ1) is 10.6. The topological polar surface area (TPSA) is 55.1 Å². The number of hydrogen-bond acceptors (Lipinski definition) is 2. The maximum atomic E-state index is 11.1. The zero-order chi connectivity index (χ0) is 10.6. The average Bonchev–Trinajstić information content (AvgIpc) is 2.20. The SMILES string of the molecule is CCC(=O)Nc1ccc(CC)cc1N. The van der Waals surface area contributed by atoms with Crippen LogP contribution >= 0.6 is 0 Å². The fraction of sp³-hybridized carbons (Fsp3) is 0.364. The first-order chi connectivity index (χ1) is 6.67. The minimum Gasteiger partial charge on any atom is -0.397 e. The number of aryl methyl sites for hydroxylation is 1. The summed E-state index contributed by atoms with van der Waals surface area (Å²) < 4.78 is 0. The van der Waals surface area contributed by atoms with Gasteiger partial charge in [-0.1, -0.05) is 19.9 Å². The lowest BCUT2D eigenvalue weighted by Gasteiger charge is -2.08. The molecule has 1 amide bonds. The van der Waals surface area contributed by atoms with E-state index >= 15 is 0 Å². The van der Waals surface area contributed by atoms with Crippen LogP contribution in [0.1, 0.15) is 25.8 Å². The van der Waals surface area contributed by atoms with Crippen molar-refractivity contribution in [2.24, 2.45) is 0 Å². The first-order valence-corrected chi connectivity index (χ1v) is 4.85. The van der Waals surface area contributed by atoms with E-state index in [1.165, 1.54) is 5.56 Å². The number of carbonyl (C=O) groups excluding carboxylic acids is 1. The number of benzene rings is 1. The second kappa shape index (κ2) is 4.65. The van der Waals surface area contributed by atoms with Gasteiger partial charge in [-0.2, -0.15) is 0 Å². The molecule has 0 aliphatic rings. The minimum absolute atomic E-state index is 0.0130. The Labute approximate surface area is 84.3 Å². The molecule has 76 valence electrons. The second-order valence-corrected chi connectivity index (χ2v) is 3.18. The highest BCUT2D eigenvalue weighted by Gasteiger charge is 2.02. The number of amides is 1. The van der Waals surface area contributed by atoms with Crippen LogP contribution in [0, 0.1) is 0 Å². The zero-order valence-electron chi connectivity index (χ0n) is 8.63. The largest absolute Gasteiger partial charge is 0.397 e. The molecule has 14 heavy (non-hydrogen) atoms. The van der Waals surface area contributed by atoms with Gasteiger partial charge in [0, 0.05) is 6.42 Å². The summed E-state index contributed by atoms with van der Waals surface area (Å²) in [5.74, 6) is -0.0130. The van der Waals surface area contributed by atoms with Gasteiger partial charge in [-0.3, -0.25) is 4.79 Å². The Morgan fingerprint density at radius 1 is 1.43 bits per heavy atom. The Balaban J connectivity index is 2.83. The normalized spacial score (nSPS) is 9.86. The van der Waals surface area contributed by atoms with Crippen LogP contribution in [0.25, 0.3) is 0 Å². The van der Waals surface area contributed by atoms with E-state index in [9.17, 15) is 4.79 Å². The number of carbonyl (C=O) groups is 1. The molecule has 1 rings (SSSR count). The molecule has 3 N–H and O–H groups in total. The second-order valence-electron chi connectivity index (χ2n) is 3.18. The average molecular weight is 192 g/mol. The molecule has 0 saturated heterocycles. The van der Waals surface area contributed by atoms with Gasteiger partial charge in [0.25, 0.3) is 0 Å². The predicted octanol–water partition coefficient (Wildman–Crippen LogP) is 2.18. The first-order valence-electron chi connectivity index (χ1n) is 4.85. The van der Waals surface area contributed by atoms with E-state index in [2.05, 4.69) is 12.2 Å². The van der Waals surface area contributed by atoms with Crippen molar-refractivity contribution in [1.82, 2.24) is 0 Å². The van der Waals surface area contributed by atoms with Crippen molar-refractivity contribution in [3.8, 4) is 0 Å². The van der Waals surface area contributed by atoms with Gasteiger partial charge < -0.3 is 11.1 Å². The lowest BCUT2D eigenvalue weighted by molar-refractivity contribution is -0.115. The number of hydrogen-bond donors (Lipinski definition) is 2. The van der Waals surface area contributed by atoms with Crippen molar-refractivity contribution >= 4 is 17.3 Å². The third kappa shape index (κ3) is 2.49. The van der Waals surface area contributed by atoms with Crippen molar-refractivity contribution in [2.75, 3.05) is 11.1 Å². The van der Waals surface area contributed by atoms with E-state index in [-0.39, 0.29) is 5.91 Å². The molecule has 3 nitrogen and oxygen atoms in total. The highest BCUT2D eigenvalue weighted by molar-refractivity contribution is 5.93. The van der Waals surface area contributed by atoms with Crippen LogP contribution in [0.4, 0.5) is 11.4 Å². The quantitative estimate of drug-likeness (QED) is 0.721. The molecular formula is C11H16N2O. The third-order valence-corrected chi connectivity index (χ3v) is 2.12. The van der Waals surface area contributed by atoms with Gasteiger partial charge in [0.15, 0.2) is 0 Å². The van der Waals surface area contributed by atoms with E-state index in [1.807, 2.05) is 25.1 Å². The summed E-state index contributed by atoms with van der Waals surface area (Å²) in [5.41, 5.74) is 8.30. The molecule has 0 aliphatic heterocycles. The molecule has 0 spiro atoms. The Hall–Kier alpha value is -1.51. The van der Waals surface area contributed by atoms with Gasteiger partial charge in [0.05, 0.1) is 11.4 Å². The van der Waals surface area contributed by atoms with Crippen LogP contribution in [0.15, 0.2) is 18.2 Å². The Bertz CT molecular complexity index is 334. The van der Waals surface area contributed by atoms with E-state index in [1.54, 1.807) is 0 Å². The number of nitrogen functional groups attached to an aromatic ring is 1. The van der Waals surface area contributed by atoms with Crippen molar-refractivity contribution in [1.29, 1.82) is 0 Å². The molecule has 0 unspecified atom stereocenters. The molecule has 1 aromatic carbocycles. The third-order valence-electron chi connectivity index (χ3n) is 2.12. The van der Waals surface area contributed by atoms with Gasteiger partial charge in [-0.25, -0.2) is 0 Å². The van der Waals surface area contributed by atoms with E-state index in [4.69, 9.17) is 5.73 Å². The summed E-state index contributed by atoms with van der Waals surface area (Å²) in [7, 11) is 0. The van der Waals surface area contributed by atoms with Crippen molar-refractivity contribution in [3.63, 3.8) is 0 Å². The molecule has 0 bridgehead atoms. The summed E-state index contributed by atoms with van der Waals surface area (Å²) in [5, 5.41) is 2.75. The molecule has 0 saturated carbocycles. The molecule has 0 atom stereocenters. The van der Waals surface area contributed by atoms with Crippen LogP contribution < -0.4 is 11.1 Å². The van der Waals surface area contributed by atoms with Crippen molar-refractivity contribution in [3.05, 3.63) is 23.8 Å². The molecule has 0 fully saturated rings. The molecule has 0 radical (unpaired) electrons. The molecular weight excluding hydrogens is 176 g/mol. The maximum Gasteiger partial charge on any atom is 0.224 e. The van der Waals surface area contributed by atoms with Gasteiger partial charge >= 0.3 is 0 Å². The highest BCUT2D eigenvalue weighted by Crippen LogP contribution is 2.20. The van der Waals surface area contributed by atoms with Gasteiger partial charge in [0.1, 0.15) is 0 Å². The van der Waals surface area contributed by atoms with Crippen LogP contribution in [-0.2, 0) is 11.2 Å². The Morgan fingerprint density at radius 3 is 2.64 bits per heavy atom. The summed E-state index contributed by atoms with van der Waals surface area (Å²) in [6.45, 7) is 3.88. The fourth-order valence-corrected chi connectivity index (χ4v) is 1.18. The number of nitrogens with one attached hydrogen (secondary N) is 1. The van der Waals surface area contributed by atoms with E-state index < -0.39 is 0 Å². The van der Waals surface area contributed by atoms with Crippen molar-refractivity contribution < 1.29 is 4.79 Å². The van der Waals surface area contributed by atoms with Crippen LogP contribution in [0.5, 0.6) is 0 Å².